The lowest BCUT2D eigenvalue weighted by Crippen LogP contribution is -2.25. The van der Waals surface area contributed by atoms with E-state index >= 15 is 0 Å². The van der Waals surface area contributed by atoms with Gasteiger partial charge in [-0.05, 0) is 30.3 Å². The number of rotatable bonds is 4. The van der Waals surface area contributed by atoms with Gasteiger partial charge in [-0.1, -0.05) is 41.6 Å². The second-order valence-corrected chi connectivity index (χ2v) is 6.99. The first-order valence-corrected chi connectivity index (χ1v) is 8.94. The van der Waals surface area contributed by atoms with Gasteiger partial charge in [-0.3, -0.25) is 14.2 Å². The van der Waals surface area contributed by atoms with Crippen LogP contribution in [-0.4, -0.2) is 40.2 Å². The van der Waals surface area contributed by atoms with Gasteiger partial charge in [-0.15, -0.1) is 0 Å². The van der Waals surface area contributed by atoms with Crippen molar-refractivity contribution in [3.05, 3.63) is 63.9 Å². The normalized spacial score (nSPS) is 10.8. The summed E-state index contributed by atoms with van der Waals surface area (Å²) in [5.74, 6) is 0.142. The molecule has 0 unspecified atom stereocenters. The summed E-state index contributed by atoms with van der Waals surface area (Å²) in [6, 6.07) is 14.2. The number of halogens is 1. The van der Waals surface area contributed by atoms with Crippen molar-refractivity contribution in [2.45, 2.75) is 5.16 Å². The number of aromatic nitrogens is 2. The molecule has 0 fully saturated rings. The molecule has 5 nitrogen and oxygen atoms in total. The quantitative estimate of drug-likeness (QED) is 0.520. The highest BCUT2D eigenvalue weighted by Gasteiger charge is 2.15. The SMILES string of the molecule is CN(C)C(=O)CSc1nc2ccccc2c(=O)n1-c1cccc(Cl)c1. The monoisotopic (exact) mass is 373 g/mol. The molecule has 0 radical (unpaired) electrons. The Morgan fingerprint density at radius 3 is 2.68 bits per heavy atom. The molecule has 3 aromatic rings. The number of carbonyl (C=O) groups is 1. The summed E-state index contributed by atoms with van der Waals surface area (Å²) in [5, 5.41) is 1.50. The van der Waals surface area contributed by atoms with Crippen LogP contribution >= 0.6 is 23.4 Å². The minimum atomic E-state index is -0.187. The summed E-state index contributed by atoms with van der Waals surface area (Å²) in [7, 11) is 3.39. The molecule has 25 heavy (non-hydrogen) atoms. The van der Waals surface area contributed by atoms with Crippen LogP contribution in [0.4, 0.5) is 0 Å². The standard InChI is InChI=1S/C18H16ClN3O2S/c1-21(2)16(23)11-25-18-20-15-9-4-3-8-14(15)17(24)22(18)13-7-5-6-12(19)10-13/h3-10H,11H2,1-2H3. The molecule has 1 amide bonds. The van der Waals surface area contributed by atoms with E-state index in [0.29, 0.717) is 26.8 Å². The summed E-state index contributed by atoms with van der Waals surface area (Å²) in [5.41, 5.74) is 1.04. The zero-order valence-electron chi connectivity index (χ0n) is 13.8. The van der Waals surface area contributed by atoms with Crippen molar-refractivity contribution in [2.75, 3.05) is 19.8 Å². The summed E-state index contributed by atoms with van der Waals surface area (Å²) in [4.78, 5) is 31.0. The topological polar surface area (TPSA) is 55.2 Å². The lowest BCUT2D eigenvalue weighted by atomic mass is 10.2. The summed E-state index contributed by atoms with van der Waals surface area (Å²) in [6.07, 6.45) is 0. The molecule has 7 heteroatoms. The molecule has 0 atom stereocenters. The molecular weight excluding hydrogens is 358 g/mol. The maximum Gasteiger partial charge on any atom is 0.266 e. The van der Waals surface area contributed by atoms with Gasteiger partial charge >= 0.3 is 0 Å². The van der Waals surface area contributed by atoms with Gasteiger partial charge in [-0.25, -0.2) is 4.98 Å². The fourth-order valence-electron chi connectivity index (χ4n) is 2.31. The lowest BCUT2D eigenvalue weighted by Gasteiger charge is -2.14. The van der Waals surface area contributed by atoms with Crippen LogP contribution in [0.15, 0.2) is 58.5 Å². The molecule has 2 aromatic carbocycles. The third-order valence-electron chi connectivity index (χ3n) is 3.63. The number of amides is 1. The second-order valence-electron chi connectivity index (χ2n) is 5.61. The Bertz CT molecular complexity index is 1000. The number of fused-ring (bicyclic) bond motifs is 1. The summed E-state index contributed by atoms with van der Waals surface area (Å²) >= 11 is 7.31. The zero-order chi connectivity index (χ0) is 18.0. The van der Waals surface area contributed by atoms with Crippen LogP contribution in [0, 0.1) is 0 Å². The van der Waals surface area contributed by atoms with Gasteiger partial charge in [0.25, 0.3) is 5.56 Å². The molecule has 0 aliphatic carbocycles. The average Bonchev–Trinajstić information content (AvgIpc) is 2.59. The molecule has 128 valence electrons. The summed E-state index contributed by atoms with van der Waals surface area (Å²) < 4.78 is 1.50. The molecule has 0 N–H and O–H groups in total. The number of hydrogen-bond donors (Lipinski definition) is 0. The van der Waals surface area contributed by atoms with Crippen LogP contribution < -0.4 is 5.56 Å². The lowest BCUT2D eigenvalue weighted by molar-refractivity contribution is -0.125. The van der Waals surface area contributed by atoms with Gasteiger partial charge in [0.2, 0.25) is 5.91 Å². The Hall–Kier alpha value is -2.31. The molecule has 0 aliphatic rings. The minimum absolute atomic E-state index is 0.0509. The van der Waals surface area contributed by atoms with Gasteiger partial charge in [0.15, 0.2) is 5.16 Å². The minimum Gasteiger partial charge on any atom is -0.348 e. The Labute approximate surface area is 154 Å². The van der Waals surface area contributed by atoms with Crippen molar-refractivity contribution in [1.82, 2.24) is 14.5 Å². The number of para-hydroxylation sites is 1. The molecule has 1 heterocycles. The van der Waals surface area contributed by atoms with E-state index < -0.39 is 0 Å². The van der Waals surface area contributed by atoms with Gasteiger partial charge in [0.05, 0.1) is 22.3 Å². The number of carbonyl (C=O) groups excluding carboxylic acids is 1. The van der Waals surface area contributed by atoms with Crippen molar-refractivity contribution in [1.29, 1.82) is 0 Å². The van der Waals surface area contributed by atoms with Crippen molar-refractivity contribution in [3.63, 3.8) is 0 Å². The maximum absolute atomic E-state index is 13.0. The Balaban J connectivity index is 2.17. The molecule has 0 spiro atoms. The van der Waals surface area contributed by atoms with Gasteiger partial charge in [-0.2, -0.15) is 0 Å². The van der Waals surface area contributed by atoms with E-state index in [0.717, 1.165) is 0 Å². The van der Waals surface area contributed by atoms with Crippen LogP contribution in [0.1, 0.15) is 0 Å². The molecule has 1 aromatic heterocycles. The number of benzene rings is 2. The highest BCUT2D eigenvalue weighted by Crippen LogP contribution is 2.23. The second kappa shape index (κ2) is 7.29. The smallest absolute Gasteiger partial charge is 0.266 e. The molecular formula is C18H16ClN3O2S. The Morgan fingerprint density at radius 1 is 1.20 bits per heavy atom. The number of nitrogens with zero attached hydrogens (tertiary/aromatic N) is 3. The van der Waals surface area contributed by atoms with Crippen molar-refractivity contribution in [3.8, 4) is 5.69 Å². The third kappa shape index (κ3) is 3.70. The van der Waals surface area contributed by atoms with Crippen LogP contribution in [0.25, 0.3) is 16.6 Å². The average molecular weight is 374 g/mol. The highest BCUT2D eigenvalue weighted by molar-refractivity contribution is 7.99. The van der Waals surface area contributed by atoms with Gasteiger partial charge < -0.3 is 4.90 Å². The first-order valence-electron chi connectivity index (χ1n) is 7.58. The van der Waals surface area contributed by atoms with E-state index in [1.165, 1.54) is 21.2 Å². The van der Waals surface area contributed by atoms with Crippen LogP contribution in [-0.2, 0) is 4.79 Å². The van der Waals surface area contributed by atoms with Gasteiger partial charge in [0.1, 0.15) is 0 Å². The molecule has 0 bridgehead atoms. The van der Waals surface area contributed by atoms with Crippen LogP contribution in [0.2, 0.25) is 5.02 Å². The van der Waals surface area contributed by atoms with E-state index in [1.807, 2.05) is 6.07 Å². The predicted molar refractivity (Wildman–Crippen MR) is 102 cm³/mol. The Morgan fingerprint density at radius 2 is 1.96 bits per heavy atom. The molecule has 3 rings (SSSR count). The van der Waals surface area contributed by atoms with E-state index in [1.54, 1.807) is 56.6 Å². The molecule has 0 saturated carbocycles. The maximum atomic E-state index is 13.0. The van der Waals surface area contributed by atoms with E-state index in [-0.39, 0.29) is 17.2 Å². The van der Waals surface area contributed by atoms with Crippen molar-refractivity contribution >= 4 is 40.2 Å². The first kappa shape index (κ1) is 17.5. The fourth-order valence-corrected chi connectivity index (χ4v) is 3.48. The number of thioether (sulfide) groups is 1. The van der Waals surface area contributed by atoms with Crippen molar-refractivity contribution in [2.24, 2.45) is 0 Å². The Kier molecular flexibility index (Phi) is 5.11. The zero-order valence-corrected chi connectivity index (χ0v) is 15.3. The fraction of sp³-hybridized carbons (Fsp3) is 0.167. The largest absolute Gasteiger partial charge is 0.348 e. The van der Waals surface area contributed by atoms with E-state index in [4.69, 9.17) is 11.6 Å². The third-order valence-corrected chi connectivity index (χ3v) is 4.79. The number of hydrogen-bond acceptors (Lipinski definition) is 4. The predicted octanol–water partition coefficient (Wildman–Crippen LogP) is 3.22. The summed E-state index contributed by atoms with van der Waals surface area (Å²) in [6.45, 7) is 0. The molecule has 0 aliphatic heterocycles. The van der Waals surface area contributed by atoms with Gasteiger partial charge in [0, 0.05) is 19.1 Å². The first-order chi connectivity index (χ1) is 12.0. The highest BCUT2D eigenvalue weighted by atomic mass is 35.5. The van der Waals surface area contributed by atoms with Crippen LogP contribution in [0.5, 0.6) is 0 Å². The van der Waals surface area contributed by atoms with E-state index in [9.17, 15) is 9.59 Å². The molecule has 0 saturated heterocycles. The van der Waals surface area contributed by atoms with Crippen LogP contribution in [0.3, 0.4) is 0 Å². The van der Waals surface area contributed by atoms with Crippen molar-refractivity contribution < 1.29 is 4.79 Å². The van der Waals surface area contributed by atoms with E-state index in [2.05, 4.69) is 4.98 Å².